The van der Waals surface area contributed by atoms with E-state index in [4.69, 9.17) is 10.3 Å². The molecule has 0 amide bonds. The van der Waals surface area contributed by atoms with E-state index in [-0.39, 0.29) is 10.2 Å². The van der Waals surface area contributed by atoms with Crippen molar-refractivity contribution in [2.24, 2.45) is 0 Å². The molecule has 0 aliphatic rings. The second-order valence-corrected chi connectivity index (χ2v) is 4.52. The Kier molecular flexibility index (Phi) is 2.60. The zero-order valence-electron chi connectivity index (χ0n) is 6.16. The third kappa shape index (κ3) is 2.17. The quantitative estimate of drug-likeness (QED) is 0.597. The average molecular weight is 270 g/mol. The zero-order chi connectivity index (χ0) is 10.2. The molecule has 0 radical (unpaired) electrons. The number of nitrogens with two attached hydrogens (primary N) is 1. The molecule has 7 heteroatoms. The molecule has 72 valence electrons. The molecule has 1 aromatic carbocycles. The number of nitrogen functional groups attached to an aromatic ring is 1. The summed E-state index contributed by atoms with van der Waals surface area (Å²) in [7, 11) is -4.42. The van der Waals surface area contributed by atoms with Crippen molar-refractivity contribution in [1.29, 1.82) is 0 Å². The van der Waals surface area contributed by atoms with Crippen molar-refractivity contribution in [3.63, 3.8) is 0 Å². The first-order valence-corrected chi connectivity index (χ1v) is 5.27. The van der Waals surface area contributed by atoms with Gasteiger partial charge >= 0.3 is 0 Å². The van der Waals surface area contributed by atoms with Gasteiger partial charge in [0.05, 0.1) is 5.69 Å². The minimum Gasteiger partial charge on any atom is -0.396 e. The molecule has 0 aliphatic carbocycles. The highest BCUT2D eigenvalue weighted by Gasteiger charge is 2.16. The molecular formula is C6H5BrFNO3S. The monoisotopic (exact) mass is 269 g/mol. The maximum Gasteiger partial charge on any atom is 0.295 e. The number of hydrogen-bond donors (Lipinski definition) is 2. The van der Waals surface area contributed by atoms with Crippen LogP contribution in [0.2, 0.25) is 0 Å². The zero-order valence-corrected chi connectivity index (χ0v) is 8.56. The van der Waals surface area contributed by atoms with E-state index in [2.05, 4.69) is 15.9 Å². The Hall–Kier alpha value is -0.660. The lowest BCUT2D eigenvalue weighted by Gasteiger charge is -2.02. The predicted molar refractivity (Wildman–Crippen MR) is 48.3 cm³/mol. The average Bonchev–Trinajstić information content (AvgIpc) is 1.94. The summed E-state index contributed by atoms with van der Waals surface area (Å²) in [5.74, 6) is -0.893. The van der Waals surface area contributed by atoms with Crippen molar-refractivity contribution in [3.05, 3.63) is 22.4 Å². The molecule has 0 heterocycles. The Bertz CT molecular complexity index is 445. The molecule has 3 N–H and O–H groups in total. The van der Waals surface area contributed by atoms with E-state index in [0.717, 1.165) is 6.07 Å². The summed E-state index contributed by atoms with van der Waals surface area (Å²) in [5, 5.41) is 0. The molecule has 0 aromatic heterocycles. The standard InChI is InChI=1S/C6H5BrFNO3S/c7-3-1-5(9)4(8)2-6(3)13(10,11)12/h1-2H,9H2,(H,10,11,12). The van der Waals surface area contributed by atoms with Gasteiger partial charge in [-0.2, -0.15) is 8.42 Å². The van der Waals surface area contributed by atoms with Gasteiger partial charge < -0.3 is 5.73 Å². The summed E-state index contributed by atoms with van der Waals surface area (Å²) in [5.41, 5.74) is 4.96. The number of hydrogen-bond acceptors (Lipinski definition) is 3. The van der Waals surface area contributed by atoms with Crippen LogP contribution in [0.5, 0.6) is 0 Å². The fourth-order valence-electron chi connectivity index (χ4n) is 0.742. The van der Waals surface area contributed by atoms with E-state index in [0.29, 0.717) is 6.07 Å². The highest BCUT2D eigenvalue weighted by Crippen LogP contribution is 2.26. The van der Waals surface area contributed by atoms with Crippen LogP contribution in [0.3, 0.4) is 0 Å². The molecule has 0 bridgehead atoms. The molecule has 0 saturated heterocycles. The van der Waals surface area contributed by atoms with Gasteiger partial charge in [0.25, 0.3) is 10.1 Å². The van der Waals surface area contributed by atoms with E-state index in [1.165, 1.54) is 0 Å². The Morgan fingerprint density at radius 2 is 2.00 bits per heavy atom. The smallest absolute Gasteiger partial charge is 0.295 e. The summed E-state index contributed by atoms with van der Waals surface area (Å²) < 4.78 is 42.7. The van der Waals surface area contributed by atoms with Gasteiger partial charge in [-0.25, -0.2) is 4.39 Å². The minimum atomic E-state index is -4.42. The second kappa shape index (κ2) is 3.24. The van der Waals surface area contributed by atoms with Crippen LogP contribution in [0.25, 0.3) is 0 Å². The van der Waals surface area contributed by atoms with Crippen LogP contribution in [0.4, 0.5) is 10.1 Å². The van der Waals surface area contributed by atoms with Gasteiger partial charge in [-0.1, -0.05) is 0 Å². The number of anilines is 1. The van der Waals surface area contributed by atoms with Gasteiger partial charge in [0.15, 0.2) is 0 Å². The van der Waals surface area contributed by atoms with Crippen LogP contribution in [0, 0.1) is 5.82 Å². The Labute approximate surface area is 82.4 Å². The van der Waals surface area contributed by atoms with E-state index in [1.54, 1.807) is 0 Å². The molecule has 1 rings (SSSR count). The highest BCUT2D eigenvalue weighted by atomic mass is 79.9. The maximum atomic E-state index is 12.8. The third-order valence-corrected chi connectivity index (χ3v) is 3.14. The molecular weight excluding hydrogens is 265 g/mol. The van der Waals surface area contributed by atoms with E-state index >= 15 is 0 Å². The van der Waals surface area contributed by atoms with Crippen LogP contribution in [0.15, 0.2) is 21.5 Å². The summed E-state index contributed by atoms with van der Waals surface area (Å²) in [6.45, 7) is 0. The van der Waals surface area contributed by atoms with Gasteiger partial charge in [0.1, 0.15) is 10.7 Å². The van der Waals surface area contributed by atoms with Gasteiger partial charge in [0, 0.05) is 4.47 Å². The normalized spacial score (nSPS) is 11.6. The van der Waals surface area contributed by atoms with Gasteiger partial charge in [-0.15, -0.1) is 0 Å². The number of benzene rings is 1. The second-order valence-electron chi connectivity index (χ2n) is 2.28. The first-order chi connectivity index (χ1) is 5.82. The summed E-state index contributed by atoms with van der Waals surface area (Å²) in [6.07, 6.45) is 0. The van der Waals surface area contributed by atoms with E-state index in [9.17, 15) is 12.8 Å². The summed E-state index contributed by atoms with van der Waals surface area (Å²) in [6, 6.07) is 1.72. The van der Waals surface area contributed by atoms with E-state index < -0.39 is 20.8 Å². The predicted octanol–water partition coefficient (Wildman–Crippen LogP) is 1.42. The lowest BCUT2D eigenvalue weighted by Crippen LogP contribution is -2.02. The molecule has 1 aromatic rings. The van der Waals surface area contributed by atoms with Crippen LogP contribution in [-0.2, 0) is 10.1 Å². The van der Waals surface area contributed by atoms with Crippen molar-refractivity contribution in [2.45, 2.75) is 4.90 Å². The molecule has 0 saturated carbocycles. The summed E-state index contributed by atoms with van der Waals surface area (Å²) >= 11 is 2.83. The third-order valence-electron chi connectivity index (χ3n) is 1.33. The molecule has 13 heavy (non-hydrogen) atoms. The van der Waals surface area contributed by atoms with Gasteiger partial charge in [0.2, 0.25) is 0 Å². The van der Waals surface area contributed by atoms with Crippen LogP contribution >= 0.6 is 15.9 Å². The Morgan fingerprint density at radius 1 is 1.46 bits per heavy atom. The molecule has 0 unspecified atom stereocenters. The van der Waals surface area contributed by atoms with Gasteiger partial charge in [-0.3, -0.25) is 4.55 Å². The molecule has 0 fully saturated rings. The number of halogens is 2. The molecule has 0 spiro atoms. The van der Waals surface area contributed by atoms with Crippen molar-refractivity contribution >= 4 is 31.7 Å². The fraction of sp³-hybridized carbons (Fsp3) is 0. The van der Waals surface area contributed by atoms with Gasteiger partial charge in [-0.05, 0) is 28.1 Å². The van der Waals surface area contributed by atoms with Crippen LogP contribution < -0.4 is 5.73 Å². The minimum absolute atomic E-state index is 0.0221. The topological polar surface area (TPSA) is 80.4 Å². The Morgan fingerprint density at radius 3 is 2.46 bits per heavy atom. The summed E-state index contributed by atoms with van der Waals surface area (Å²) in [4.78, 5) is -0.542. The fourth-order valence-corrected chi connectivity index (χ4v) is 2.27. The lowest BCUT2D eigenvalue weighted by atomic mass is 10.3. The molecule has 0 atom stereocenters. The first-order valence-electron chi connectivity index (χ1n) is 3.04. The highest BCUT2D eigenvalue weighted by molar-refractivity contribution is 9.10. The molecule has 4 nitrogen and oxygen atoms in total. The van der Waals surface area contributed by atoms with Crippen molar-refractivity contribution in [3.8, 4) is 0 Å². The largest absolute Gasteiger partial charge is 0.396 e. The number of rotatable bonds is 1. The maximum absolute atomic E-state index is 12.8. The van der Waals surface area contributed by atoms with Crippen molar-refractivity contribution in [1.82, 2.24) is 0 Å². The van der Waals surface area contributed by atoms with E-state index in [1.807, 2.05) is 0 Å². The molecule has 0 aliphatic heterocycles. The first kappa shape index (κ1) is 10.4. The SMILES string of the molecule is Nc1cc(Br)c(S(=O)(=O)O)cc1F. The lowest BCUT2D eigenvalue weighted by molar-refractivity contribution is 0.481. The van der Waals surface area contributed by atoms with Crippen LogP contribution in [-0.4, -0.2) is 13.0 Å². The van der Waals surface area contributed by atoms with Crippen molar-refractivity contribution in [2.75, 3.05) is 5.73 Å². The Balaban J connectivity index is 3.50. The van der Waals surface area contributed by atoms with Crippen LogP contribution in [0.1, 0.15) is 0 Å². The van der Waals surface area contributed by atoms with Crippen molar-refractivity contribution < 1.29 is 17.4 Å².